The number of hydrogen-bond donors (Lipinski definition) is 1. The Morgan fingerprint density at radius 3 is 3.05 bits per heavy atom. The van der Waals surface area contributed by atoms with E-state index in [9.17, 15) is 4.79 Å². The summed E-state index contributed by atoms with van der Waals surface area (Å²) in [4.78, 5) is 12.8. The van der Waals surface area contributed by atoms with Crippen molar-refractivity contribution in [2.45, 2.75) is 50.8 Å². The average Bonchev–Trinajstić information content (AvgIpc) is 3.16. The molecule has 2 heterocycles. The summed E-state index contributed by atoms with van der Waals surface area (Å²) in [6.45, 7) is 4.22. The van der Waals surface area contributed by atoms with Crippen molar-refractivity contribution in [2.24, 2.45) is 0 Å². The molecule has 1 atom stereocenters. The number of aromatic nitrogens is 2. The first-order chi connectivity index (χ1) is 10.7. The van der Waals surface area contributed by atoms with Crippen LogP contribution in [-0.2, 0) is 4.79 Å². The van der Waals surface area contributed by atoms with Crippen LogP contribution in [0.4, 0.5) is 0 Å². The zero-order valence-corrected chi connectivity index (χ0v) is 14.5. The smallest absolute Gasteiger partial charge is 0.277 e. The van der Waals surface area contributed by atoms with Gasteiger partial charge in [0.25, 0.3) is 11.1 Å². The molecule has 0 saturated heterocycles. The minimum absolute atomic E-state index is 0.00451. The van der Waals surface area contributed by atoms with Crippen LogP contribution >= 0.6 is 23.1 Å². The molecule has 0 fully saturated rings. The van der Waals surface area contributed by atoms with Crippen molar-refractivity contribution in [1.82, 2.24) is 15.5 Å². The van der Waals surface area contributed by atoms with Gasteiger partial charge >= 0.3 is 0 Å². The summed E-state index contributed by atoms with van der Waals surface area (Å²) in [5.74, 6) is 0.806. The minimum Gasteiger partial charge on any atom is -0.410 e. The summed E-state index contributed by atoms with van der Waals surface area (Å²) < 4.78 is 5.53. The van der Waals surface area contributed by atoms with Gasteiger partial charge in [-0.2, -0.15) is 0 Å². The SMILES string of the molecule is CCCCCC(C)NC(=O)CSc1nnc(-c2cccs2)o1. The van der Waals surface area contributed by atoms with Crippen LogP contribution in [-0.4, -0.2) is 27.9 Å². The van der Waals surface area contributed by atoms with Gasteiger partial charge < -0.3 is 9.73 Å². The van der Waals surface area contributed by atoms with E-state index in [1.54, 1.807) is 11.3 Å². The molecule has 1 unspecified atom stereocenters. The standard InChI is InChI=1S/C15H21N3O2S2/c1-3-4-5-7-11(2)16-13(19)10-22-15-18-17-14(20-15)12-8-6-9-21-12/h6,8-9,11H,3-5,7,10H2,1-2H3,(H,16,19). The van der Waals surface area contributed by atoms with Crippen LogP contribution in [0.2, 0.25) is 0 Å². The number of thiophene rings is 1. The molecular weight excluding hydrogens is 318 g/mol. The highest BCUT2D eigenvalue weighted by Crippen LogP contribution is 2.26. The van der Waals surface area contributed by atoms with Gasteiger partial charge in [0.15, 0.2) is 0 Å². The second-order valence-electron chi connectivity index (χ2n) is 5.10. The van der Waals surface area contributed by atoms with Crippen molar-refractivity contribution in [2.75, 3.05) is 5.75 Å². The molecule has 0 saturated carbocycles. The lowest BCUT2D eigenvalue weighted by Gasteiger charge is -2.12. The van der Waals surface area contributed by atoms with Crippen LogP contribution in [0.15, 0.2) is 27.2 Å². The molecule has 2 rings (SSSR count). The van der Waals surface area contributed by atoms with E-state index < -0.39 is 0 Å². The lowest BCUT2D eigenvalue weighted by atomic mass is 10.1. The Hall–Kier alpha value is -1.34. The van der Waals surface area contributed by atoms with Gasteiger partial charge in [0.1, 0.15) is 0 Å². The van der Waals surface area contributed by atoms with Crippen LogP contribution in [0, 0.1) is 0 Å². The second-order valence-corrected chi connectivity index (χ2v) is 6.98. The van der Waals surface area contributed by atoms with E-state index in [2.05, 4.69) is 22.4 Å². The minimum atomic E-state index is 0.00451. The number of thioether (sulfide) groups is 1. The van der Waals surface area contributed by atoms with Crippen LogP contribution < -0.4 is 5.32 Å². The third kappa shape index (κ3) is 5.46. The predicted molar refractivity (Wildman–Crippen MR) is 90.1 cm³/mol. The fraction of sp³-hybridized carbons (Fsp3) is 0.533. The maximum atomic E-state index is 11.9. The zero-order valence-electron chi connectivity index (χ0n) is 12.9. The molecule has 0 spiro atoms. The average molecular weight is 339 g/mol. The summed E-state index contributed by atoms with van der Waals surface area (Å²) in [5.41, 5.74) is 0. The topological polar surface area (TPSA) is 68.0 Å². The maximum absolute atomic E-state index is 11.9. The summed E-state index contributed by atoms with van der Waals surface area (Å²) >= 11 is 2.82. The molecule has 120 valence electrons. The molecule has 0 aliphatic rings. The Kier molecular flexibility index (Phi) is 6.92. The number of hydrogen-bond acceptors (Lipinski definition) is 6. The first kappa shape index (κ1) is 17.0. The molecule has 0 radical (unpaired) electrons. The molecule has 2 aromatic rings. The zero-order chi connectivity index (χ0) is 15.8. The van der Waals surface area contributed by atoms with Crippen LogP contribution in [0.3, 0.4) is 0 Å². The largest absolute Gasteiger partial charge is 0.410 e. The number of carbonyl (C=O) groups excluding carboxylic acids is 1. The van der Waals surface area contributed by atoms with E-state index in [-0.39, 0.29) is 11.9 Å². The Morgan fingerprint density at radius 1 is 1.45 bits per heavy atom. The number of nitrogens with one attached hydrogen (secondary N) is 1. The highest BCUT2D eigenvalue weighted by atomic mass is 32.2. The predicted octanol–water partition coefficient (Wildman–Crippen LogP) is 3.98. The first-order valence-electron chi connectivity index (χ1n) is 7.48. The normalized spacial score (nSPS) is 12.3. The van der Waals surface area contributed by atoms with E-state index >= 15 is 0 Å². The van der Waals surface area contributed by atoms with Gasteiger partial charge in [0, 0.05) is 6.04 Å². The summed E-state index contributed by atoms with van der Waals surface area (Å²) in [6, 6.07) is 4.07. The fourth-order valence-corrected chi connectivity index (χ4v) is 3.20. The highest BCUT2D eigenvalue weighted by molar-refractivity contribution is 7.99. The molecule has 0 bridgehead atoms. The Bertz CT molecular complexity index is 569. The molecule has 1 N–H and O–H groups in total. The molecule has 0 aromatic carbocycles. The summed E-state index contributed by atoms with van der Waals surface area (Å²) in [5, 5.41) is 13.3. The molecule has 2 aromatic heterocycles. The van der Waals surface area contributed by atoms with Gasteiger partial charge in [0.2, 0.25) is 5.91 Å². The number of rotatable bonds is 9. The molecule has 0 aliphatic carbocycles. The van der Waals surface area contributed by atoms with Crippen LogP contribution in [0.25, 0.3) is 10.8 Å². The Labute approximate surface area is 138 Å². The molecule has 7 heteroatoms. The van der Waals surface area contributed by atoms with Crippen molar-refractivity contribution >= 4 is 29.0 Å². The quantitative estimate of drug-likeness (QED) is 0.553. The first-order valence-corrected chi connectivity index (χ1v) is 9.35. The van der Waals surface area contributed by atoms with Crippen molar-refractivity contribution in [3.8, 4) is 10.8 Å². The van der Waals surface area contributed by atoms with E-state index in [1.165, 1.54) is 24.6 Å². The molecule has 22 heavy (non-hydrogen) atoms. The number of unbranched alkanes of at least 4 members (excludes halogenated alkanes) is 2. The Balaban J connectivity index is 1.72. The van der Waals surface area contributed by atoms with E-state index in [1.807, 2.05) is 24.4 Å². The van der Waals surface area contributed by atoms with Crippen LogP contribution in [0.1, 0.15) is 39.5 Å². The van der Waals surface area contributed by atoms with Gasteiger partial charge in [-0.1, -0.05) is 44.0 Å². The van der Waals surface area contributed by atoms with E-state index in [4.69, 9.17) is 4.42 Å². The molecule has 0 aliphatic heterocycles. The van der Waals surface area contributed by atoms with Gasteiger partial charge in [-0.25, -0.2) is 0 Å². The van der Waals surface area contributed by atoms with Crippen molar-refractivity contribution in [3.05, 3.63) is 17.5 Å². The number of nitrogens with zero attached hydrogens (tertiary/aromatic N) is 2. The van der Waals surface area contributed by atoms with Crippen LogP contribution in [0.5, 0.6) is 0 Å². The number of amides is 1. The summed E-state index contributed by atoms with van der Waals surface area (Å²) in [7, 11) is 0. The number of carbonyl (C=O) groups is 1. The van der Waals surface area contributed by atoms with Gasteiger partial charge in [-0.15, -0.1) is 21.5 Å². The van der Waals surface area contributed by atoms with Gasteiger partial charge in [0.05, 0.1) is 10.6 Å². The third-order valence-electron chi connectivity index (χ3n) is 3.11. The van der Waals surface area contributed by atoms with Crippen molar-refractivity contribution < 1.29 is 9.21 Å². The third-order valence-corrected chi connectivity index (χ3v) is 4.79. The Morgan fingerprint density at radius 2 is 2.32 bits per heavy atom. The molecule has 1 amide bonds. The molecule has 5 nitrogen and oxygen atoms in total. The summed E-state index contributed by atoms with van der Waals surface area (Å²) in [6.07, 6.45) is 4.58. The van der Waals surface area contributed by atoms with E-state index in [0.29, 0.717) is 16.9 Å². The lowest BCUT2D eigenvalue weighted by Crippen LogP contribution is -2.33. The van der Waals surface area contributed by atoms with Crippen molar-refractivity contribution in [1.29, 1.82) is 0 Å². The lowest BCUT2D eigenvalue weighted by molar-refractivity contribution is -0.119. The van der Waals surface area contributed by atoms with Crippen molar-refractivity contribution in [3.63, 3.8) is 0 Å². The second kappa shape index (κ2) is 8.95. The van der Waals surface area contributed by atoms with Gasteiger partial charge in [-0.05, 0) is 24.8 Å². The van der Waals surface area contributed by atoms with E-state index in [0.717, 1.165) is 17.7 Å². The van der Waals surface area contributed by atoms with Gasteiger partial charge in [-0.3, -0.25) is 4.79 Å². The monoisotopic (exact) mass is 339 g/mol. The fourth-order valence-electron chi connectivity index (χ4n) is 1.98. The highest BCUT2D eigenvalue weighted by Gasteiger charge is 2.13. The molecular formula is C15H21N3O2S2. The maximum Gasteiger partial charge on any atom is 0.277 e.